The number of benzene rings is 1. The van der Waals surface area contributed by atoms with Gasteiger partial charge in [-0.15, -0.1) is 0 Å². The van der Waals surface area contributed by atoms with E-state index in [4.69, 9.17) is 9.47 Å². The molecule has 1 aliphatic heterocycles. The van der Waals surface area contributed by atoms with Crippen molar-refractivity contribution in [2.75, 3.05) is 13.2 Å². The number of carbonyl (C=O) groups excluding carboxylic acids is 1. The summed E-state index contributed by atoms with van der Waals surface area (Å²) in [6.45, 7) is 1.23. The molecule has 25 heavy (non-hydrogen) atoms. The SMILES string of the molecule is O=C(N[C@H]1c2ccccc2C[C@@H]1O)c1ccnc(OC2CCOC2)c1. The Hall–Kier alpha value is -2.44. The van der Waals surface area contributed by atoms with Crippen molar-refractivity contribution in [2.45, 2.75) is 31.1 Å². The quantitative estimate of drug-likeness (QED) is 0.884. The van der Waals surface area contributed by atoms with Crippen LogP contribution in [0.4, 0.5) is 0 Å². The summed E-state index contributed by atoms with van der Waals surface area (Å²) >= 11 is 0. The van der Waals surface area contributed by atoms with Gasteiger partial charge in [0.2, 0.25) is 5.88 Å². The van der Waals surface area contributed by atoms with Gasteiger partial charge in [0.05, 0.1) is 25.4 Å². The van der Waals surface area contributed by atoms with E-state index in [1.54, 1.807) is 18.3 Å². The highest BCUT2D eigenvalue weighted by Crippen LogP contribution is 2.31. The van der Waals surface area contributed by atoms with Crippen LogP contribution in [-0.2, 0) is 11.2 Å². The maximum absolute atomic E-state index is 12.6. The monoisotopic (exact) mass is 340 g/mol. The first-order chi connectivity index (χ1) is 12.2. The van der Waals surface area contributed by atoms with Crippen molar-refractivity contribution in [2.24, 2.45) is 0 Å². The molecule has 130 valence electrons. The number of amides is 1. The van der Waals surface area contributed by atoms with E-state index in [2.05, 4.69) is 10.3 Å². The molecule has 2 N–H and O–H groups in total. The molecule has 6 nitrogen and oxygen atoms in total. The minimum absolute atomic E-state index is 0.0191. The molecule has 2 aromatic rings. The lowest BCUT2D eigenvalue weighted by atomic mass is 10.1. The van der Waals surface area contributed by atoms with Crippen LogP contribution in [0.15, 0.2) is 42.6 Å². The molecule has 4 rings (SSSR count). The summed E-state index contributed by atoms with van der Waals surface area (Å²) < 4.78 is 11.0. The normalized spacial score (nSPS) is 24.8. The lowest BCUT2D eigenvalue weighted by molar-refractivity contribution is 0.0857. The predicted molar refractivity (Wildman–Crippen MR) is 90.4 cm³/mol. The first-order valence-corrected chi connectivity index (χ1v) is 8.48. The number of rotatable bonds is 4. The summed E-state index contributed by atoms with van der Waals surface area (Å²) in [5, 5.41) is 13.2. The van der Waals surface area contributed by atoms with Crippen molar-refractivity contribution in [3.63, 3.8) is 0 Å². The second kappa shape index (κ2) is 6.82. The number of hydrogen-bond acceptors (Lipinski definition) is 5. The molecule has 3 atom stereocenters. The number of pyridine rings is 1. The zero-order valence-electron chi connectivity index (χ0n) is 13.7. The van der Waals surface area contributed by atoms with Crippen molar-refractivity contribution in [1.29, 1.82) is 0 Å². The fraction of sp³-hybridized carbons (Fsp3) is 0.368. The minimum atomic E-state index is -0.616. The fourth-order valence-corrected chi connectivity index (χ4v) is 3.36. The highest BCUT2D eigenvalue weighted by Gasteiger charge is 2.32. The maximum atomic E-state index is 12.6. The van der Waals surface area contributed by atoms with Crippen LogP contribution in [-0.4, -0.2) is 41.4 Å². The van der Waals surface area contributed by atoms with Crippen LogP contribution in [0.25, 0.3) is 0 Å². The van der Waals surface area contributed by atoms with E-state index in [1.165, 1.54) is 0 Å². The lowest BCUT2D eigenvalue weighted by Crippen LogP contribution is -2.33. The van der Waals surface area contributed by atoms with E-state index >= 15 is 0 Å². The molecule has 0 bridgehead atoms. The number of ether oxygens (including phenoxy) is 2. The molecule has 0 saturated carbocycles. The average molecular weight is 340 g/mol. The number of aliphatic hydroxyl groups is 1. The molecule has 1 amide bonds. The predicted octanol–water partition coefficient (Wildman–Crippen LogP) is 1.64. The third kappa shape index (κ3) is 3.36. The Morgan fingerprint density at radius 1 is 1.32 bits per heavy atom. The van der Waals surface area contributed by atoms with Gasteiger partial charge in [-0.3, -0.25) is 4.79 Å². The van der Waals surface area contributed by atoms with E-state index in [0.717, 1.165) is 17.5 Å². The molecular weight excluding hydrogens is 320 g/mol. The molecule has 1 fully saturated rings. The minimum Gasteiger partial charge on any atom is -0.472 e. The van der Waals surface area contributed by atoms with Gasteiger partial charge in [0.15, 0.2) is 0 Å². The number of hydrogen-bond donors (Lipinski definition) is 2. The number of carbonyl (C=O) groups is 1. The largest absolute Gasteiger partial charge is 0.472 e. The van der Waals surface area contributed by atoms with Crippen LogP contribution in [0.2, 0.25) is 0 Å². The maximum Gasteiger partial charge on any atom is 0.252 e. The van der Waals surface area contributed by atoms with Crippen LogP contribution in [0.1, 0.15) is 33.9 Å². The molecule has 1 saturated heterocycles. The van der Waals surface area contributed by atoms with Gasteiger partial charge in [0.25, 0.3) is 5.91 Å². The lowest BCUT2D eigenvalue weighted by Gasteiger charge is -2.18. The Bertz CT molecular complexity index is 774. The van der Waals surface area contributed by atoms with E-state index in [1.807, 2.05) is 24.3 Å². The molecule has 6 heteroatoms. The van der Waals surface area contributed by atoms with Gasteiger partial charge in [0.1, 0.15) is 6.10 Å². The molecular formula is C19H20N2O4. The number of nitrogens with zero attached hydrogens (tertiary/aromatic N) is 1. The second-order valence-electron chi connectivity index (χ2n) is 6.41. The zero-order valence-corrected chi connectivity index (χ0v) is 13.7. The zero-order chi connectivity index (χ0) is 17.2. The third-order valence-electron chi connectivity index (χ3n) is 4.66. The van der Waals surface area contributed by atoms with Gasteiger partial charge in [0, 0.05) is 30.7 Å². The topological polar surface area (TPSA) is 80.7 Å². The van der Waals surface area contributed by atoms with Crippen molar-refractivity contribution in [3.8, 4) is 5.88 Å². The molecule has 2 aliphatic rings. The first-order valence-electron chi connectivity index (χ1n) is 8.48. The molecule has 1 aliphatic carbocycles. The van der Waals surface area contributed by atoms with E-state index in [-0.39, 0.29) is 12.0 Å². The van der Waals surface area contributed by atoms with Crippen LogP contribution in [0, 0.1) is 0 Å². The first kappa shape index (κ1) is 16.1. The summed E-state index contributed by atoms with van der Waals surface area (Å²) in [7, 11) is 0. The fourth-order valence-electron chi connectivity index (χ4n) is 3.36. The van der Waals surface area contributed by atoms with Crippen molar-refractivity contribution < 1.29 is 19.4 Å². The Balaban J connectivity index is 1.48. The van der Waals surface area contributed by atoms with Crippen LogP contribution < -0.4 is 10.1 Å². The van der Waals surface area contributed by atoms with Gasteiger partial charge in [-0.1, -0.05) is 24.3 Å². The molecule has 1 unspecified atom stereocenters. The summed E-state index contributed by atoms with van der Waals surface area (Å²) in [5.74, 6) is 0.159. The number of nitrogens with one attached hydrogen (secondary N) is 1. The van der Waals surface area contributed by atoms with E-state index < -0.39 is 12.1 Å². The van der Waals surface area contributed by atoms with Crippen molar-refractivity contribution in [1.82, 2.24) is 10.3 Å². The Morgan fingerprint density at radius 3 is 3.04 bits per heavy atom. The summed E-state index contributed by atoms with van der Waals surface area (Å²) in [6.07, 6.45) is 2.29. The standard InChI is InChI=1S/C19H20N2O4/c22-16-9-12-3-1-2-4-15(12)18(16)21-19(23)13-5-7-20-17(10-13)25-14-6-8-24-11-14/h1-5,7,10,14,16,18,22H,6,8-9,11H2,(H,21,23)/t14?,16-,18-/m0/s1. The molecule has 1 aromatic heterocycles. The number of aromatic nitrogens is 1. The van der Waals surface area contributed by atoms with Gasteiger partial charge in [-0.25, -0.2) is 4.98 Å². The van der Waals surface area contributed by atoms with Gasteiger partial charge >= 0.3 is 0 Å². The number of fused-ring (bicyclic) bond motifs is 1. The Morgan fingerprint density at radius 2 is 2.20 bits per heavy atom. The summed E-state index contributed by atoms with van der Waals surface area (Å²) in [6, 6.07) is 10.6. The Labute approximate surface area is 145 Å². The Kier molecular flexibility index (Phi) is 4.38. The molecule has 0 radical (unpaired) electrons. The third-order valence-corrected chi connectivity index (χ3v) is 4.66. The second-order valence-corrected chi connectivity index (χ2v) is 6.41. The van der Waals surface area contributed by atoms with Crippen LogP contribution in [0.3, 0.4) is 0 Å². The van der Waals surface area contributed by atoms with Gasteiger partial charge in [-0.2, -0.15) is 0 Å². The van der Waals surface area contributed by atoms with E-state index in [9.17, 15) is 9.90 Å². The van der Waals surface area contributed by atoms with Crippen LogP contribution in [0.5, 0.6) is 5.88 Å². The molecule has 2 heterocycles. The van der Waals surface area contributed by atoms with Crippen molar-refractivity contribution >= 4 is 5.91 Å². The van der Waals surface area contributed by atoms with Crippen LogP contribution >= 0.6 is 0 Å². The highest BCUT2D eigenvalue weighted by atomic mass is 16.5. The molecule has 0 spiro atoms. The highest BCUT2D eigenvalue weighted by molar-refractivity contribution is 5.94. The van der Waals surface area contributed by atoms with E-state index in [0.29, 0.717) is 31.1 Å². The smallest absolute Gasteiger partial charge is 0.252 e. The van der Waals surface area contributed by atoms with Gasteiger partial charge < -0.3 is 19.9 Å². The summed E-state index contributed by atoms with van der Waals surface area (Å²) in [5.41, 5.74) is 2.50. The number of aliphatic hydroxyl groups excluding tert-OH is 1. The van der Waals surface area contributed by atoms with Crippen molar-refractivity contribution in [3.05, 3.63) is 59.3 Å². The average Bonchev–Trinajstić information content (AvgIpc) is 3.23. The summed E-state index contributed by atoms with van der Waals surface area (Å²) in [4.78, 5) is 16.8. The molecule has 1 aromatic carbocycles. The van der Waals surface area contributed by atoms with Gasteiger partial charge in [-0.05, 0) is 17.2 Å².